The third kappa shape index (κ3) is 1.17. The fraction of sp³-hybridized carbons (Fsp3) is 0.900. The lowest BCUT2D eigenvalue weighted by Gasteiger charge is -2.50. The van der Waals surface area contributed by atoms with Crippen LogP contribution >= 0.6 is 0 Å². The highest BCUT2D eigenvalue weighted by Gasteiger charge is 2.52. The second-order valence-corrected chi connectivity index (χ2v) is 4.47. The van der Waals surface area contributed by atoms with Crippen molar-refractivity contribution in [2.45, 2.75) is 44.1 Å². The van der Waals surface area contributed by atoms with Crippen LogP contribution in [0.4, 0.5) is 0 Å². The first-order valence-corrected chi connectivity index (χ1v) is 4.91. The number of carboxylic acids is 1. The second kappa shape index (κ2) is 2.71. The molecule has 0 heterocycles. The van der Waals surface area contributed by atoms with Gasteiger partial charge in [-0.25, -0.2) is 0 Å². The first-order chi connectivity index (χ1) is 6.13. The van der Waals surface area contributed by atoms with E-state index in [1.54, 1.807) is 7.11 Å². The van der Waals surface area contributed by atoms with E-state index in [-0.39, 0.29) is 5.60 Å². The van der Waals surface area contributed by atoms with Gasteiger partial charge >= 0.3 is 5.97 Å². The predicted octanol–water partition coefficient (Wildman–Crippen LogP) is 1.81. The molecule has 3 fully saturated rings. The number of hydrogen-bond donors (Lipinski definition) is 1. The van der Waals surface area contributed by atoms with Crippen molar-refractivity contribution >= 4 is 5.97 Å². The first kappa shape index (κ1) is 9.00. The minimum Gasteiger partial charge on any atom is -0.481 e. The zero-order chi connectivity index (χ0) is 9.53. The highest BCUT2D eigenvalue weighted by molar-refractivity contribution is 5.75. The summed E-state index contributed by atoms with van der Waals surface area (Å²) >= 11 is 0. The maximum atomic E-state index is 11.1. The van der Waals surface area contributed by atoms with Crippen molar-refractivity contribution < 1.29 is 14.6 Å². The summed E-state index contributed by atoms with van der Waals surface area (Å²) in [6.07, 6.45) is 5.18. The summed E-state index contributed by atoms with van der Waals surface area (Å²) < 4.78 is 5.50. The van der Waals surface area contributed by atoms with Crippen LogP contribution in [0.5, 0.6) is 0 Å². The highest BCUT2D eigenvalue weighted by atomic mass is 16.5. The molecule has 0 aromatic carbocycles. The van der Waals surface area contributed by atoms with Gasteiger partial charge in [-0.3, -0.25) is 4.79 Å². The molecular formula is C10H16O3. The molecule has 0 aromatic rings. The normalized spacial score (nSPS) is 43.5. The Kier molecular flexibility index (Phi) is 1.88. The van der Waals surface area contributed by atoms with Crippen LogP contribution in [-0.4, -0.2) is 23.8 Å². The van der Waals surface area contributed by atoms with Crippen LogP contribution in [0.3, 0.4) is 0 Å². The Bertz CT molecular complexity index is 210. The molecule has 3 nitrogen and oxygen atoms in total. The quantitative estimate of drug-likeness (QED) is 0.712. The lowest BCUT2D eigenvalue weighted by Crippen LogP contribution is -2.50. The van der Waals surface area contributed by atoms with E-state index in [1.165, 1.54) is 0 Å². The zero-order valence-corrected chi connectivity index (χ0v) is 8.01. The summed E-state index contributed by atoms with van der Waals surface area (Å²) in [5.74, 6) is -0.600. The lowest BCUT2D eigenvalue weighted by atomic mass is 9.58. The van der Waals surface area contributed by atoms with Crippen molar-refractivity contribution in [1.29, 1.82) is 0 Å². The van der Waals surface area contributed by atoms with E-state index in [0.29, 0.717) is 0 Å². The minimum absolute atomic E-state index is 0.0250. The second-order valence-electron chi connectivity index (χ2n) is 4.47. The Morgan fingerprint density at radius 1 is 1.15 bits per heavy atom. The van der Waals surface area contributed by atoms with Gasteiger partial charge in [0.25, 0.3) is 0 Å². The molecule has 0 radical (unpaired) electrons. The van der Waals surface area contributed by atoms with E-state index in [1.807, 2.05) is 0 Å². The van der Waals surface area contributed by atoms with E-state index in [9.17, 15) is 4.79 Å². The maximum absolute atomic E-state index is 11.1. The Labute approximate surface area is 78.1 Å². The fourth-order valence-electron chi connectivity index (χ4n) is 2.78. The highest BCUT2D eigenvalue weighted by Crippen LogP contribution is 2.53. The molecule has 3 rings (SSSR count). The zero-order valence-electron chi connectivity index (χ0n) is 8.01. The molecule has 3 heteroatoms. The van der Waals surface area contributed by atoms with E-state index in [4.69, 9.17) is 9.84 Å². The van der Waals surface area contributed by atoms with Gasteiger partial charge in [0.1, 0.15) is 0 Å². The summed E-state index contributed by atoms with van der Waals surface area (Å²) in [6, 6.07) is 0. The number of methoxy groups -OCH3 is 1. The predicted molar refractivity (Wildman–Crippen MR) is 47.5 cm³/mol. The standard InChI is InChI=1S/C10H16O3/c1-13-10-5-2-9(3-6-10,4-7-10)8(11)12/h2-7H2,1H3,(H,11,12). The number of carboxylic acid groups (broad SMARTS) is 1. The summed E-state index contributed by atoms with van der Waals surface area (Å²) in [5.41, 5.74) is -0.377. The smallest absolute Gasteiger partial charge is 0.309 e. The van der Waals surface area contributed by atoms with Crippen LogP contribution in [-0.2, 0) is 9.53 Å². The van der Waals surface area contributed by atoms with Gasteiger partial charge in [0, 0.05) is 7.11 Å². The average Bonchev–Trinajstić information content (AvgIpc) is 2.20. The molecule has 0 aliphatic heterocycles. The molecule has 2 bridgehead atoms. The molecule has 3 aliphatic rings. The molecule has 0 spiro atoms. The summed E-state index contributed by atoms with van der Waals surface area (Å²) in [5, 5.41) is 9.13. The Morgan fingerprint density at radius 3 is 1.92 bits per heavy atom. The summed E-state index contributed by atoms with van der Waals surface area (Å²) in [4.78, 5) is 11.1. The third-order valence-corrected chi connectivity index (χ3v) is 4.06. The van der Waals surface area contributed by atoms with Crippen LogP contribution in [0.2, 0.25) is 0 Å². The van der Waals surface area contributed by atoms with Crippen molar-refractivity contribution in [3.8, 4) is 0 Å². The lowest BCUT2D eigenvalue weighted by molar-refractivity contribution is -0.168. The molecular weight excluding hydrogens is 168 g/mol. The van der Waals surface area contributed by atoms with Gasteiger partial charge in [-0.2, -0.15) is 0 Å². The van der Waals surface area contributed by atoms with Crippen LogP contribution in [0.1, 0.15) is 38.5 Å². The number of fused-ring (bicyclic) bond motifs is 3. The SMILES string of the molecule is COC12CCC(C(=O)O)(CC1)CC2. The van der Waals surface area contributed by atoms with Gasteiger partial charge in [-0.05, 0) is 38.5 Å². The van der Waals surface area contributed by atoms with Crippen LogP contribution < -0.4 is 0 Å². The van der Waals surface area contributed by atoms with Crippen LogP contribution in [0.25, 0.3) is 0 Å². The molecule has 0 saturated heterocycles. The number of aliphatic carboxylic acids is 1. The van der Waals surface area contributed by atoms with Gasteiger partial charge < -0.3 is 9.84 Å². The van der Waals surface area contributed by atoms with E-state index >= 15 is 0 Å². The van der Waals surface area contributed by atoms with Crippen molar-refractivity contribution in [1.82, 2.24) is 0 Å². The maximum Gasteiger partial charge on any atom is 0.309 e. The van der Waals surface area contributed by atoms with Gasteiger partial charge in [-0.15, -0.1) is 0 Å². The van der Waals surface area contributed by atoms with E-state index in [0.717, 1.165) is 38.5 Å². The topological polar surface area (TPSA) is 46.5 Å². The molecule has 0 aromatic heterocycles. The number of ether oxygens (including phenoxy) is 1. The molecule has 3 aliphatic carbocycles. The Hall–Kier alpha value is -0.570. The largest absolute Gasteiger partial charge is 0.481 e. The molecule has 0 atom stereocenters. The molecule has 3 saturated carbocycles. The van der Waals surface area contributed by atoms with Gasteiger partial charge in [0.15, 0.2) is 0 Å². The van der Waals surface area contributed by atoms with E-state index < -0.39 is 11.4 Å². The average molecular weight is 184 g/mol. The van der Waals surface area contributed by atoms with Crippen LogP contribution in [0.15, 0.2) is 0 Å². The Morgan fingerprint density at radius 2 is 1.62 bits per heavy atom. The van der Waals surface area contributed by atoms with Gasteiger partial charge in [0.05, 0.1) is 11.0 Å². The number of hydrogen-bond acceptors (Lipinski definition) is 2. The van der Waals surface area contributed by atoms with Crippen molar-refractivity contribution in [3.63, 3.8) is 0 Å². The van der Waals surface area contributed by atoms with Gasteiger partial charge in [0.2, 0.25) is 0 Å². The molecule has 1 N–H and O–H groups in total. The first-order valence-electron chi connectivity index (χ1n) is 4.91. The van der Waals surface area contributed by atoms with Crippen molar-refractivity contribution in [3.05, 3.63) is 0 Å². The molecule has 13 heavy (non-hydrogen) atoms. The Balaban J connectivity index is 2.16. The molecule has 0 amide bonds. The monoisotopic (exact) mass is 184 g/mol. The number of carbonyl (C=O) groups is 1. The molecule has 74 valence electrons. The van der Waals surface area contributed by atoms with Crippen molar-refractivity contribution in [2.75, 3.05) is 7.11 Å². The summed E-state index contributed by atoms with van der Waals surface area (Å²) in [7, 11) is 1.75. The van der Waals surface area contributed by atoms with E-state index in [2.05, 4.69) is 0 Å². The van der Waals surface area contributed by atoms with Gasteiger partial charge in [-0.1, -0.05) is 0 Å². The molecule has 0 unspecified atom stereocenters. The van der Waals surface area contributed by atoms with Crippen molar-refractivity contribution in [2.24, 2.45) is 5.41 Å². The number of rotatable bonds is 2. The summed E-state index contributed by atoms with van der Waals surface area (Å²) in [6.45, 7) is 0. The fourth-order valence-corrected chi connectivity index (χ4v) is 2.78. The third-order valence-electron chi connectivity index (χ3n) is 4.06. The minimum atomic E-state index is -0.600. The van der Waals surface area contributed by atoms with Crippen LogP contribution in [0, 0.1) is 5.41 Å².